The van der Waals surface area contributed by atoms with E-state index >= 15 is 0 Å². The maximum absolute atomic E-state index is 13.9. The van der Waals surface area contributed by atoms with E-state index in [4.69, 9.17) is 32.4 Å². The van der Waals surface area contributed by atoms with Gasteiger partial charge in [0.05, 0.1) is 62.9 Å². The summed E-state index contributed by atoms with van der Waals surface area (Å²) in [6.07, 6.45) is 14.0. The molecule has 554 valence electrons. The molecule has 20 nitrogen and oxygen atoms in total. The number of pyridine rings is 6. The second kappa shape index (κ2) is 40.8. The summed E-state index contributed by atoms with van der Waals surface area (Å²) in [5.41, 5.74) is 13.7. The lowest BCUT2D eigenvalue weighted by molar-refractivity contribution is -0.115. The number of rotatable bonds is 12. The van der Waals surface area contributed by atoms with Gasteiger partial charge >= 0.3 is 7.12 Å². The lowest BCUT2D eigenvalue weighted by atomic mass is 9.80. The minimum absolute atomic E-state index is 0.0964. The maximum Gasteiger partial charge on any atom is 0.495 e. The van der Waals surface area contributed by atoms with Crippen molar-refractivity contribution >= 4 is 164 Å². The molecule has 0 atom stereocenters. The van der Waals surface area contributed by atoms with Crippen molar-refractivity contribution in [3.63, 3.8) is 0 Å². The fraction of sp³-hybridized carbons (Fsp3) is 0.167. The Bertz CT molecular complexity index is 4770. The maximum atomic E-state index is 13.9. The summed E-state index contributed by atoms with van der Waals surface area (Å²) in [6, 6.07) is 24.9. The van der Waals surface area contributed by atoms with Gasteiger partial charge in [0, 0.05) is 127 Å². The summed E-state index contributed by atoms with van der Waals surface area (Å²) in [6.45, 7) is 10.8. The third-order valence-electron chi connectivity index (χ3n) is 14.6. The van der Waals surface area contributed by atoms with Crippen LogP contribution < -0.4 is 37.4 Å². The Kier molecular flexibility index (Phi) is 33.6. The standard InChI is InChI=1S/C20H16F2N4O2.C13H19BN2O3.2C13H9BrF2N2O.C7H3ClF2O.C5H5BrN2.CH3I/c1-12(27)25-19-8-13(5-6-24-19)14-7-16(11-23-10-14)26(2)20(28)17-4-3-15(21)9-18(17)22;1-9(17)16-11-8-10(6-7-15-11)14-18-12(2,3)13(4,5)19-14;1-18(10-4-8(14)6-17-7-10)13(19)11-3-2-9(15)5-12(11)16;14-8-3-7(13(17)18-6-8)4-12(19)10-2-1-9(15)5-11(10)16;8-7(11)5-2-1-4(9)3-6(5)10;6-4-1-5(7)3-8-2-4;1-2/h3-11H,1-2H3,(H,24,25,27);6-8H,1-5H3,(H,15,16,17);2-7H,1H3;1-3,5-6H,4H2,(H2,17,18);1-3H;1-3H,7H2;1H3. The average molecular weight is 1790 g/mol. The highest BCUT2D eigenvalue weighted by molar-refractivity contribution is 14.1. The molecule has 0 saturated carbocycles. The van der Waals surface area contributed by atoms with Crippen molar-refractivity contribution in [2.24, 2.45) is 0 Å². The van der Waals surface area contributed by atoms with Crippen molar-refractivity contribution in [2.75, 3.05) is 50.9 Å². The first-order chi connectivity index (χ1) is 49.9. The van der Waals surface area contributed by atoms with Crippen LogP contribution in [0.15, 0.2) is 191 Å². The van der Waals surface area contributed by atoms with Gasteiger partial charge in [-0.25, -0.2) is 50.1 Å². The van der Waals surface area contributed by atoms with E-state index < -0.39 is 76.5 Å². The van der Waals surface area contributed by atoms with E-state index in [-0.39, 0.29) is 57.5 Å². The molecule has 0 aliphatic carbocycles. The summed E-state index contributed by atoms with van der Waals surface area (Å²) < 4.78 is 119. The molecule has 4 amide bonds. The molecule has 34 heteroatoms. The van der Waals surface area contributed by atoms with Crippen molar-refractivity contribution in [1.29, 1.82) is 0 Å². The highest BCUT2D eigenvalue weighted by Crippen LogP contribution is 2.37. The first-order valence-electron chi connectivity index (χ1n) is 30.5. The summed E-state index contributed by atoms with van der Waals surface area (Å²) in [5.74, 6) is -7.58. The van der Waals surface area contributed by atoms with Gasteiger partial charge in [-0.3, -0.25) is 43.7 Å². The number of ketones is 1. The Morgan fingerprint density at radius 2 is 0.915 bits per heavy atom. The number of hydrogen-bond acceptors (Lipinski definition) is 16. The quantitative estimate of drug-likeness (QED) is 0.0221. The minimum atomic E-state index is -0.940. The number of Topliss-reactive ketones (excluding diaryl/α,β-unsaturated/α-hetero) is 1. The van der Waals surface area contributed by atoms with Crippen LogP contribution in [0.3, 0.4) is 0 Å². The Morgan fingerprint density at radius 1 is 0.500 bits per heavy atom. The van der Waals surface area contributed by atoms with Crippen LogP contribution in [-0.4, -0.2) is 102 Å². The molecule has 11 rings (SSSR count). The number of hydrogen-bond donors (Lipinski definition) is 4. The molecule has 7 heterocycles. The number of carbonyl (C=O) groups excluding carboxylic acids is 6. The van der Waals surface area contributed by atoms with E-state index in [2.05, 4.69) is 111 Å². The van der Waals surface area contributed by atoms with Crippen LogP contribution in [-0.2, 0) is 25.3 Å². The molecule has 0 bridgehead atoms. The Balaban J connectivity index is 0.000000235. The fourth-order valence-corrected chi connectivity index (χ4v) is 9.92. The molecule has 1 aliphatic heterocycles. The molecule has 1 fully saturated rings. The van der Waals surface area contributed by atoms with Crippen LogP contribution in [0.25, 0.3) is 11.1 Å². The first-order valence-corrected chi connectivity index (χ1v) is 35.5. The first kappa shape index (κ1) is 87.1. The summed E-state index contributed by atoms with van der Waals surface area (Å²) in [5, 5.41) is 4.32. The number of nitrogens with two attached hydrogens (primary N) is 2. The molecule has 4 aromatic carbocycles. The Hall–Kier alpha value is -9.52. The summed E-state index contributed by atoms with van der Waals surface area (Å²) >= 11 is 16.8. The van der Waals surface area contributed by atoms with Gasteiger partial charge in [0.1, 0.15) is 64.0 Å². The van der Waals surface area contributed by atoms with Gasteiger partial charge in [0.25, 0.3) is 17.1 Å². The van der Waals surface area contributed by atoms with Crippen molar-refractivity contribution in [1.82, 2.24) is 29.9 Å². The average Bonchev–Trinajstić information content (AvgIpc) is 1.63. The second-order valence-corrected chi connectivity index (χ2v) is 26.0. The molecule has 1 saturated heterocycles. The Labute approximate surface area is 648 Å². The lowest BCUT2D eigenvalue weighted by Crippen LogP contribution is -2.41. The van der Waals surface area contributed by atoms with E-state index in [1.807, 2.05) is 38.7 Å². The number of nitrogens with zero attached hydrogens (tertiary/aromatic N) is 8. The van der Waals surface area contributed by atoms with E-state index in [1.54, 1.807) is 73.4 Å². The number of amides is 4. The third kappa shape index (κ3) is 26.5. The fourth-order valence-electron chi connectivity index (χ4n) is 8.65. The molecule has 1 aliphatic rings. The van der Waals surface area contributed by atoms with Crippen molar-refractivity contribution in [2.45, 2.75) is 59.2 Å². The zero-order valence-corrected chi connectivity index (χ0v) is 65.1. The molecular weight excluding hydrogens is 1730 g/mol. The lowest BCUT2D eigenvalue weighted by Gasteiger charge is -2.32. The van der Waals surface area contributed by atoms with Crippen LogP contribution >= 0.6 is 82.0 Å². The van der Waals surface area contributed by atoms with Gasteiger partial charge in [-0.05, 0) is 200 Å². The molecule has 0 radical (unpaired) electrons. The van der Waals surface area contributed by atoms with Gasteiger partial charge < -0.3 is 41.2 Å². The van der Waals surface area contributed by atoms with E-state index in [0.29, 0.717) is 73.0 Å². The number of halogens is 13. The molecule has 0 unspecified atom stereocenters. The Morgan fingerprint density at radius 3 is 1.35 bits per heavy atom. The number of aromatic nitrogens is 6. The zero-order chi connectivity index (χ0) is 78.9. The van der Waals surface area contributed by atoms with Gasteiger partial charge in [-0.2, -0.15) is 0 Å². The van der Waals surface area contributed by atoms with Gasteiger partial charge in [-0.15, -0.1) is 0 Å². The smallest absolute Gasteiger partial charge is 0.399 e. The van der Waals surface area contributed by atoms with Crippen molar-refractivity contribution in [3.05, 3.63) is 265 Å². The number of carbonyl (C=O) groups is 6. The topological polar surface area (TPSA) is 281 Å². The van der Waals surface area contributed by atoms with Crippen LogP contribution in [0, 0.1) is 46.5 Å². The molecule has 10 aromatic rings. The summed E-state index contributed by atoms with van der Waals surface area (Å²) in [4.78, 5) is 97.6. The summed E-state index contributed by atoms with van der Waals surface area (Å²) in [7, 11) is 2.52. The number of nitrogen functional groups attached to an aromatic ring is 2. The highest BCUT2D eigenvalue weighted by atomic mass is 127. The monoisotopic (exact) mass is 1790 g/mol. The van der Waals surface area contributed by atoms with Crippen LogP contribution in [0.5, 0.6) is 0 Å². The van der Waals surface area contributed by atoms with E-state index in [9.17, 15) is 63.9 Å². The van der Waals surface area contributed by atoms with Crippen LogP contribution in [0.1, 0.15) is 88.5 Å². The molecule has 106 heavy (non-hydrogen) atoms. The SMILES string of the molecule is CC(=O)Nc1cc(-c2cncc(N(C)C(=O)c3ccc(F)cc3F)c2)ccn1.CC(=O)Nc1cc(B2OC(C)(C)C(C)(C)O2)ccn1.CI.CN(C(=O)c1ccc(F)cc1F)c1cncc(Br)c1.Nc1cncc(Br)c1.Nc1ncc(Br)cc1CC(=O)c1ccc(F)cc1F.O=C(Cl)c1ccc(F)cc1F. The minimum Gasteiger partial charge on any atom is -0.399 e. The predicted molar refractivity (Wildman–Crippen MR) is 410 cm³/mol. The number of anilines is 6. The zero-order valence-electron chi connectivity index (χ0n) is 57.4. The largest absolute Gasteiger partial charge is 0.495 e. The van der Waals surface area contributed by atoms with Gasteiger partial charge in [0.2, 0.25) is 11.8 Å². The van der Waals surface area contributed by atoms with E-state index in [1.165, 1.54) is 62.5 Å². The van der Waals surface area contributed by atoms with Gasteiger partial charge in [0.15, 0.2) is 5.78 Å². The third-order valence-corrected chi connectivity index (χ3v) is 16.1. The molecule has 0 spiro atoms. The normalized spacial score (nSPS) is 11.9. The van der Waals surface area contributed by atoms with E-state index in [0.717, 1.165) is 64.0 Å². The predicted octanol–water partition coefficient (Wildman–Crippen LogP) is 16.3. The molecular formula is C72H64BBr3ClF8IN12O8. The van der Waals surface area contributed by atoms with Gasteiger partial charge in [-0.1, -0.05) is 22.6 Å². The molecule has 6 aromatic heterocycles. The van der Waals surface area contributed by atoms with Crippen molar-refractivity contribution < 1.29 is 73.2 Å². The van der Waals surface area contributed by atoms with Crippen molar-refractivity contribution in [3.8, 4) is 11.1 Å². The van der Waals surface area contributed by atoms with Crippen LogP contribution in [0.2, 0.25) is 0 Å². The second-order valence-electron chi connectivity index (χ2n) is 22.9. The molecule has 6 N–H and O–H groups in total. The number of nitrogens with one attached hydrogen (secondary N) is 2. The van der Waals surface area contributed by atoms with Crippen LogP contribution in [0.4, 0.5) is 69.6 Å². The highest BCUT2D eigenvalue weighted by Gasteiger charge is 2.51. The number of alkyl halides is 1. The number of benzene rings is 4.